The van der Waals surface area contributed by atoms with E-state index in [9.17, 15) is 9.59 Å². The lowest BCUT2D eigenvalue weighted by Gasteiger charge is -2.11. The van der Waals surface area contributed by atoms with Gasteiger partial charge < -0.3 is 14.8 Å². The molecule has 2 rings (SSSR count). The Morgan fingerprint density at radius 3 is 2.65 bits per heavy atom. The molecule has 2 N–H and O–H groups in total. The summed E-state index contributed by atoms with van der Waals surface area (Å²) in [5.41, 5.74) is 3.17. The van der Waals surface area contributed by atoms with E-state index in [1.807, 2.05) is 19.1 Å². The molecule has 26 heavy (non-hydrogen) atoms. The van der Waals surface area contributed by atoms with E-state index in [1.165, 1.54) is 0 Å². The van der Waals surface area contributed by atoms with E-state index in [-0.39, 0.29) is 12.5 Å². The van der Waals surface area contributed by atoms with E-state index >= 15 is 0 Å². The summed E-state index contributed by atoms with van der Waals surface area (Å²) in [5.74, 6) is 0.606. The molecule has 0 heterocycles. The number of carbonyl (C=O) groups excluding carboxylic acids is 2. The first-order valence-corrected chi connectivity index (χ1v) is 8.49. The zero-order valence-corrected chi connectivity index (χ0v) is 15.3. The summed E-state index contributed by atoms with van der Waals surface area (Å²) in [5, 5.41) is 5.47. The first kappa shape index (κ1) is 19.3. The molecule has 6 heteroatoms. The Labute approximate surface area is 153 Å². The molecular formula is C20H24N2O4. The first-order chi connectivity index (χ1) is 12.5. The zero-order valence-electron chi connectivity index (χ0n) is 15.3. The molecule has 0 aliphatic heterocycles. The lowest BCUT2D eigenvalue weighted by atomic mass is 10.1. The van der Waals surface area contributed by atoms with Crippen LogP contribution in [0.5, 0.6) is 5.75 Å². The van der Waals surface area contributed by atoms with Crippen LogP contribution in [0.15, 0.2) is 42.5 Å². The highest BCUT2D eigenvalue weighted by atomic mass is 16.5. The fourth-order valence-electron chi connectivity index (χ4n) is 2.54. The standard InChI is InChI=1S/C20H24N2O4/c1-4-26-20(24)22-17-7-5-6-16(13-17)19(23)21-11-10-15-12-14(2)8-9-18(15)25-3/h5-9,12-13H,4,10-11H2,1-3H3,(H,21,23)(H,22,24). The van der Waals surface area contributed by atoms with Gasteiger partial charge in [-0.1, -0.05) is 23.8 Å². The molecule has 0 unspecified atom stereocenters. The van der Waals surface area contributed by atoms with Crippen LogP contribution in [-0.4, -0.2) is 32.3 Å². The summed E-state index contributed by atoms with van der Waals surface area (Å²) in [4.78, 5) is 23.8. The van der Waals surface area contributed by atoms with Crippen molar-refractivity contribution in [2.75, 3.05) is 25.6 Å². The number of anilines is 1. The maximum atomic E-state index is 12.3. The van der Waals surface area contributed by atoms with Crippen LogP contribution in [0.1, 0.15) is 28.4 Å². The summed E-state index contributed by atoms with van der Waals surface area (Å²) < 4.78 is 10.2. The van der Waals surface area contributed by atoms with Crippen molar-refractivity contribution >= 4 is 17.7 Å². The first-order valence-electron chi connectivity index (χ1n) is 8.49. The Bertz CT molecular complexity index is 774. The third kappa shape index (κ3) is 5.51. The number of hydrogen-bond donors (Lipinski definition) is 2. The molecule has 2 aromatic rings. The Balaban J connectivity index is 1.94. The van der Waals surface area contributed by atoms with Gasteiger partial charge in [-0.3, -0.25) is 10.1 Å². The molecule has 0 aromatic heterocycles. The van der Waals surface area contributed by atoms with Crippen LogP contribution in [0.4, 0.5) is 10.5 Å². The van der Waals surface area contributed by atoms with Crippen molar-refractivity contribution in [1.82, 2.24) is 5.32 Å². The van der Waals surface area contributed by atoms with Gasteiger partial charge in [-0.25, -0.2) is 4.79 Å². The Morgan fingerprint density at radius 1 is 1.12 bits per heavy atom. The summed E-state index contributed by atoms with van der Waals surface area (Å²) in [6.45, 7) is 4.51. The maximum absolute atomic E-state index is 12.3. The third-order valence-corrected chi connectivity index (χ3v) is 3.76. The lowest BCUT2D eigenvalue weighted by molar-refractivity contribution is 0.0954. The Morgan fingerprint density at radius 2 is 1.92 bits per heavy atom. The molecule has 0 atom stereocenters. The molecule has 6 nitrogen and oxygen atoms in total. The van der Waals surface area contributed by atoms with Gasteiger partial charge >= 0.3 is 6.09 Å². The largest absolute Gasteiger partial charge is 0.496 e. The van der Waals surface area contributed by atoms with E-state index in [2.05, 4.69) is 16.7 Å². The van der Waals surface area contributed by atoms with Gasteiger partial charge in [0.1, 0.15) is 5.75 Å². The number of methoxy groups -OCH3 is 1. The van der Waals surface area contributed by atoms with Gasteiger partial charge in [0.15, 0.2) is 0 Å². The van der Waals surface area contributed by atoms with E-state index in [0.717, 1.165) is 16.9 Å². The average molecular weight is 356 g/mol. The van der Waals surface area contributed by atoms with Crippen LogP contribution in [-0.2, 0) is 11.2 Å². The zero-order chi connectivity index (χ0) is 18.9. The highest BCUT2D eigenvalue weighted by Gasteiger charge is 2.09. The molecule has 0 saturated heterocycles. The number of amides is 2. The van der Waals surface area contributed by atoms with Gasteiger partial charge in [0.05, 0.1) is 13.7 Å². The van der Waals surface area contributed by atoms with Crippen molar-refractivity contribution in [2.45, 2.75) is 20.3 Å². The second kappa shape index (κ2) is 9.46. The second-order valence-electron chi connectivity index (χ2n) is 5.75. The van der Waals surface area contributed by atoms with Crippen LogP contribution < -0.4 is 15.4 Å². The average Bonchev–Trinajstić information content (AvgIpc) is 2.62. The number of aryl methyl sites for hydroxylation is 1. The minimum Gasteiger partial charge on any atom is -0.496 e. The molecule has 0 radical (unpaired) electrons. The van der Waals surface area contributed by atoms with Crippen LogP contribution in [0.25, 0.3) is 0 Å². The monoisotopic (exact) mass is 356 g/mol. The molecule has 0 bridgehead atoms. The second-order valence-corrected chi connectivity index (χ2v) is 5.75. The van der Waals surface area contributed by atoms with Crippen molar-refractivity contribution < 1.29 is 19.1 Å². The number of benzene rings is 2. The van der Waals surface area contributed by atoms with Gasteiger partial charge in [-0.2, -0.15) is 0 Å². The van der Waals surface area contributed by atoms with Crippen molar-refractivity contribution in [3.05, 3.63) is 59.2 Å². The molecule has 0 saturated carbocycles. The van der Waals surface area contributed by atoms with Gasteiger partial charge in [-0.05, 0) is 50.1 Å². The van der Waals surface area contributed by atoms with Crippen LogP contribution in [0.3, 0.4) is 0 Å². The number of rotatable bonds is 7. The van der Waals surface area contributed by atoms with Crippen LogP contribution in [0, 0.1) is 6.92 Å². The van der Waals surface area contributed by atoms with Gasteiger partial charge in [0, 0.05) is 17.8 Å². The van der Waals surface area contributed by atoms with Crippen molar-refractivity contribution in [3.8, 4) is 5.75 Å². The fraction of sp³-hybridized carbons (Fsp3) is 0.300. The smallest absolute Gasteiger partial charge is 0.411 e. The normalized spacial score (nSPS) is 10.1. The molecule has 138 valence electrons. The molecule has 0 aliphatic carbocycles. The van der Waals surface area contributed by atoms with Gasteiger partial charge in [0.2, 0.25) is 0 Å². The van der Waals surface area contributed by atoms with Crippen molar-refractivity contribution in [3.63, 3.8) is 0 Å². The number of nitrogens with one attached hydrogen (secondary N) is 2. The van der Waals surface area contributed by atoms with Crippen LogP contribution in [0.2, 0.25) is 0 Å². The van der Waals surface area contributed by atoms with Gasteiger partial charge in [0.25, 0.3) is 5.91 Å². The van der Waals surface area contributed by atoms with E-state index in [0.29, 0.717) is 24.2 Å². The predicted octanol–water partition coefficient (Wildman–Crippen LogP) is 3.54. The van der Waals surface area contributed by atoms with E-state index < -0.39 is 6.09 Å². The predicted molar refractivity (Wildman–Crippen MR) is 101 cm³/mol. The minimum atomic E-state index is -0.545. The number of carbonyl (C=O) groups is 2. The number of ether oxygens (including phenoxy) is 2. The molecule has 0 fully saturated rings. The highest BCUT2D eigenvalue weighted by molar-refractivity contribution is 5.96. The van der Waals surface area contributed by atoms with E-state index in [1.54, 1.807) is 38.3 Å². The lowest BCUT2D eigenvalue weighted by Crippen LogP contribution is -2.26. The molecule has 2 amide bonds. The van der Waals surface area contributed by atoms with Crippen molar-refractivity contribution in [1.29, 1.82) is 0 Å². The van der Waals surface area contributed by atoms with E-state index in [4.69, 9.17) is 9.47 Å². The topological polar surface area (TPSA) is 76.7 Å². The quantitative estimate of drug-likeness (QED) is 0.795. The highest BCUT2D eigenvalue weighted by Crippen LogP contribution is 2.20. The summed E-state index contributed by atoms with van der Waals surface area (Å²) in [6.07, 6.45) is 0.119. The summed E-state index contributed by atoms with van der Waals surface area (Å²) in [6, 6.07) is 12.7. The molecular weight excluding hydrogens is 332 g/mol. The molecule has 0 spiro atoms. The molecule has 2 aromatic carbocycles. The summed E-state index contributed by atoms with van der Waals surface area (Å²) >= 11 is 0. The third-order valence-electron chi connectivity index (χ3n) is 3.76. The number of hydrogen-bond acceptors (Lipinski definition) is 4. The fourth-order valence-corrected chi connectivity index (χ4v) is 2.54. The summed E-state index contributed by atoms with van der Waals surface area (Å²) in [7, 11) is 1.63. The molecule has 0 aliphatic rings. The minimum absolute atomic E-state index is 0.205. The Kier molecular flexibility index (Phi) is 7.02. The SMILES string of the molecule is CCOC(=O)Nc1cccc(C(=O)NCCc2cc(C)ccc2OC)c1. The van der Waals surface area contributed by atoms with Crippen molar-refractivity contribution in [2.24, 2.45) is 0 Å². The Hall–Kier alpha value is -3.02. The van der Waals surface area contributed by atoms with Crippen LogP contribution >= 0.6 is 0 Å². The maximum Gasteiger partial charge on any atom is 0.411 e. The van der Waals surface area contributed by atoms with Gasteiger partial charge in [-0.15, -0.1) is 0 Å².